The molecule has 0 unspecified atom stereocenters. The lowest BCUT2D eigenvalue weighted by Crippen LogP contribution is -2.42. The maximum absolute atomic E-state index is 2.35. The van der Waals surface area contributed by atoms with E-state index in [-0.39, 0.29) is 0 Å². The van der Waals surface area contributed by atoms with Gasteiger partial charge in [-0.2, -0.15) is 0 Å². The average molecular weight is 141 g/mol. The molecule has 1 aliphatic rings. The second-order valence-electron chi connectivity index (χ2n) is 4.09. The van der Waals surface area contributed by atoms with Crippen LogP contribution in [0.3, 0.4) is 0 Å². The van der Waals surface area contributed by atoms with E-state index in [1.54, 1.807) is 0 Å². The number of rotatable bonds is 2. The molecule has 0 radical (unpaired) electrons. The van der Waals surface area contributed by atoms with E-state index in [1.165, 1.54) is 12.8 Å². The molecule has 0 N–H and O–H groups in total. The molecular formula is C9H19N. The van der Waals surface area contributed by atoms with Crippen LogP contribution >= 0.6 is 0 Å². The summed E-state index contributed by atoms with van der Waals surface area (Å²) in [5, 5.41) is 0. The molecule has 1 rings (SSSR count). The molecule has 1 nitrogen and oxygen atoms in total. The van der Waals surface area contributed by atoms with Gasteiger partial charge in [-0.25, -0.2) is 0 Å². The van der Waals surface area contributed by atoms with Crippen molar-refractivity contribution in [3.63, 3.8) is 0 Å². The van der Waals surface area contributed by atoms with Crippen LogP contribution in [0, 0.1) is 11.8 Å². The second-order valence-corrected chi connectivity index (χ2v) is 4.09. The fourth-order valence-corrected chi connectivity index (χ4v) is 1.60. The maximum atomic E-state index is 2.35. The SMILES string of the molecule is CC(C)[C@H]1C[C@H](N(C)C)C1. The van der Waals surface area contributed by atoms with Crippen molar-refractivity contribution in [1.82, 2.24) is 4.90 Å². The Bertz CT molecular complexity index is 89.3. The Morgan fingerprint density at radius 3 is 2.00 bits per heavy atom. The Morgan fingerprint density at radius 2 is 1.70 bits per heavy atom. The molecule has 0 bridgehead atoms. The summed E-state index contributed by atoms with van der Waals surface area (Å²) in [6, 6.07) is 0.882. The minimum atomic E-state index is 0.882. The van der Waals surface area contributed by atoms with Crippen LogP contribution in [-0.2, 0) is 0 Å². The van der Waals surface area contributed by atoms with E-state index in [9.17, 15) is 0 Å². The monoisotopic (exact) mass is 141 g/mol. The highest BCUT2D eigenvalue weighted by Gasteiger charge is 2.31. The molecular weight excluding hydrogens is 122 g/mol. The van der Waals surface area contributed by atoms with Gasteiger partial charge < -0.3 is 4.90 Å². The van der Waals surface area contributed by atoms with Crippen molar-refractivity contribution < 1.29 is 0 Å². The summed E-state index contributed by atoms with van der Waals surface area (Å²) in [5.41, 5.74) is 0. The van der Waals surface area contributed by atoms with Crippen LogP contribution < -0.4 is 0 Å². The van der Waals surface area contributed by atoms with Gasteiger partial charge in [-0.15, -0.1) is 0 Å². The van der Waals surface area contributed by atoms with Gasteiger partial charge >= 0.3 is 0 Å². The summed E-state index contributed by atoms with van der Waals surface area (Å²) in [4.78, 5) is 2.35. The van der Waals surface area contributed by atoms with Gasteiger partial charge in [-0.1, -0.05) is 13.8 Å². The number of nitrogens with zero attached hydrogens (tertiary/aromatic N) is 1. The third-order valence-electron chi connectivity index (χ3n) is 2.82. The molecule has 1 fully saturated rings. The van der Waals surface area contributed by atoms with Crippen molar-refractivity contribution in [3.8, 4) is 0 Å². The van der Waals surface area contributed by atoms with E-state index >= 15 is 0 Å². The summed E-state index contributed by atoms with van der Waals surface area (Å²) < 4.78 is 0. The van der Waals surface area contributed by atoms with Crippen molar-refractivity contribution >= 4 is 0 Å². The first-order valence-corrected chi connectivity index (χ1v) is 4.27. The molecule has 1 saturated carbocycles. The van der Waals surface area contributed by atoms with Crippen molar-refractivity contribution in [2.45, 2.75) is 32.7 Å². The first-order valence-electron chi connectivity index (χ1n) is 4.27. The van der Waals surface area contributed by atoms with Gasteiger partial charge in [-0.3, -0.25) is 0 Å². The van der Waals surface area contributed by atoms with Gasteiger partial charge in [0.15, 0.2) is 0 Å². The van der Waals surface area contributed by atoms with E-state index in [1.807, 2.05) is 0 Å². The second kappa shape index (κ2) is 2.91. The quantitative estimate of drug-likeness (QED) is 0.568. The zero-order valence-electron chi connectivity index (χ0n) is 7.59. The minimum absolute atomic E-state index is 0.882. The summed E-state index contributed by atoms with van der Waals surface area (Å²) in [5.74, 6) is 1.91. The van der Waals surface area contributed by atoms with Crippen LogP contribution in [-0.4, -0.2) is 25.0 Å². The minimum Gasteiger partial charge on any atom is -0.306 e. The molecule has 0 spiro atoms. The molecule has 60 valence electrons. The first kappa shape index (κ1) is 8.06. The number of hydrogen-bond acceptors (Lipinski definition) is 1. The maximum Gasteiger partial charge on any atom is 0.00946 e. The van der Waals surface area contributed by atoms with Gasteiger partial charge in [0.2, 0.25) is 0 Å². The zero-order chi connectivity index (χ0) is 7.72. The summed E-state index contributed by atoms with van der Waals surface area (Å²) in [6.07, 6.45) is 2.84. The summed E-state index contributed by atoms with van der Waals surface area (Å²) in [7, 11) is 4.36. The van der Waals surface area contributed by atoms with Gasteiger partial charge in [-0.05, 0) is 38.8 Å². The van der Waals surface area contributed by atoms with Crippen molar-refractivity contribution in [2.24, 2.45) is 11.8 Å². The molecule has 0 saturated heterocycles. The third-order valence-corrected chi connectivity index (χ3v) is 2.82. The van der Waals surface area contributed by atoms with Gasteiger partial charge in [0.1, 0.15) is 0 Å². The molecule has 0 aromatic heterocycles. The van der Waals surface area contributed by atoms with Crippen LogP contribution in [0.15, 0.2) is 0 Å². The Hall–Kier alpha value is -0.0400. The fourth-order valence-electron chi connectivity index (χ4n) is 1.60. The standard InChI is InChI=1S/C9H19N/c1-7(2)8-5-9(6-8)10(3)4/h7-9H,5-6H2,1-4H3/t8-,9-. The van der Waals surface area contributed by atoms with E-state index in [2.05, 4.69) is 32.8 Å². The summed E-state index contributed by atoms with van der Waals surface area (Å²) >= 11 is 0. The highest BCUT2D eigenvalue weighted by molar-refractivity contribution is 4.86. The molecule has 0 aromatic carbocycles. The van der Waals surface area contributed by atoms with E-state index < -0.39 is 0 Å². The molecule has 0 atom stereocenters. The first-order chi connectivity index (χ1) is 4.61. The molecule has 0 aliphatic heterocycles. The summed E-state index contributed by atoms with van der Waals surface area (Å²) in [6.45, 7) is 4.66. The molecule has 1 heteroatoms. The van der Waals surface area contributed by atoms with Crippen molar-refractivity contribution in [1.29, 1.82) is 0 Å². The molecule has 10 heavy (non-hydrogen) atoms. The van der Waals surface area contributed by atoms with E-state index in [0.717, 1.165) is 17.9 Å². The topological polar surface area (TPSA) is 3.24 Å². The lowest BCUT2D eigenvalue weighted by Gasteiger charge is -2.41. The van der Waals surface area contributed by atoms with E-state index in [0.29, 0.717) is 0 Å². The Morgan fingerprint density at radius 1 is 1.20 bits per heavy atom. The normalized spacial score (nSPS) is 33.0. The molecule has 1 aliphatic carbocycles. The lowest BCUT2D eigenvalue weighted by atomic mass is 9.73. The largest absolute Gasteiger partial charge is 0.306 e. The lowest BCUT2D eigenvalue weighted by molar-refractivity contribution is 0.0924. The van der Waals surface area contributed by atoms with Crippen LogP contribution in [0.25, 0.3) is 0 Å². The smallest absolute Gasteiger partial charge is 0.00946 e. The predicted octanol–water partition coefficient (Wildman–Crippen LogP) is 1.98. The van der Waals surface area contributed by atoms with Crippen LogP contribution in [0.1, 0.15) is 26.7 Å². The van der Waals surface area contributed by atoms with Gasteiger partial charge in [0.25, 0.3) is 0 Å². The molecule has 0 heterocycles. The molecule has 0 amide bonds. The van der Waals surface area contributed by atoms with Gasteiger partial charge in [0.05, 0.1) is 0 Å². The predicted molar refractivity (Wildman–Crippen MR) is 45.0 cm³/mol. The number of hydrogen-bond donors (Lipinski definition) is 0. The highest BCUT2D eigenvalue weighted by atomic mass is 15.1. The molecule has 0 aromatic rings. The van der Waals surface area contributed by atoms with Crippen molar-refractivity contribution in [2.75, 3.05) is 14.1 Å². The van der Waals surface area contributed by atoms with Crippen LogP contribution in [0.5, 0.6) is 0 Å². The van der Waals surface area contributed by atoms with Gasteiger partial charge in [0, 0.05) is 6.04 Å². The Balaban J connectivity index is 2.18. The van der Waals surface area contributed by atoms with Crippen LogP contribution in [0.4, 0.5) is 0 Å². The Kier molecular flexibility index (Phi) is 2.35. The highest BCUT2D eigenvalue weighted by Crippen LogP contribution is 2.35. The van der Waals surface area contributed by atoms with Crippen molar-refractivity contribution in [3.05, 3.63) is 0 Å². The van der Waals surface area contributed by atoms with E-state index in [4.69, 9.17) is 0 Å². The van der Waals surface area contributed by atoms with Crippen LogP contribution in [0.2, 0.25) is 0 Å². The third kappa shape index (κ3) is 1.51. The zero-order valence-corrected chi connectivity index (χ0v) is 7.59. The fraction of sp³-hybridized carbons (Fsp3) is 1.00. The Labute approximate surface area is 64.4 Å². The average Bonchev–Trinajstić information content (AvgIpc) is 1.56.